The van der Waals surface area contributed by atoms with Crippen LogP contribution in [0.2, 0.25) is 0 Å². The van der Waals surface area contributed by atoms with Gasteiger partial charge in [-0.3, -0.25) is 9.59 Å². The number of ether oxygens (including phenoxy) is 1. The van der Waals surface area contributed by atoms with Gasteiger partial charge in [0.25, 0.3) is 0 Å². The van der Waals surface area contributed by atoms with Crippen molar-refractivity contribution in [3.05, 3.63) is 24.3 Å². The van der Waals surface area contributed by atoms with Crippen molar-refractivity contribution in [3.63, 3.8) is 0 Å². The summed E-state index contributed by atoms with van der Waals surface area (Å²) >= 11 is 0. The summed E-state index contributed by atoms with van der Waals surface area (Å²) in [6.07, 6.45) is 69.4. The molecule has 396 valence electrons. The minimum Gasteiger partial charge on any atom is -0.466 e. The molecule has 0 aliphatic rings. The van der Waals surface area contributed by atoms with Crippen LogP contribution in [-0.4, -0.2) is 47.4 Å². The average molecular weight is 945 g/mol. The molecule has 0 saturated carbocycles. The molecule has 0 aromatic carbocycles. The minimum atomic E-state index is -0.843. The van der Waals surface area contributed by atoms with Gasteiger partial charge in [-0.25, -0.2) is 0 Å². The topological polar surface area (TPSA) is 95.9 Å². The predicted molar refractivity (Wildman–Crippen MR) is 292 cm³/mol. The monoisotopic (exact) mass is 944 g/mol. The van der Waals surface area contributed by atoms with E-state index in [1.807, 2.05) is 6.08 Å². The maximum absolute atomic E-state index is 12.4. The van der Waals surface area contributed by atoms with E-state index in [1.165, 1.54) is 263 Å². The molecule has 0 heterocycles. The fraction of sp³-hybridized carbons (Fsp3) is 0.902. The van der Waals surface area contributed by atoms with Gasteiger partial charge in [0.15, 0.2) is 0 Å². The maximum Gasteiger partial charge on any atom is 0.305 e. The average Bonchev–Trinajstić information content (AvgIpc) is 3.33. The van der Waals surface area contributed by atoms with Gasteiger partial charge in [0.2, 0.25) is 5.91 Å². The van der Waals surface area contributed by atoms with E-state index in [-0.39, 0.29) is 18.5 Å². The van der Waals surface area contributed by atoms with Crippen molar-refractivity contribution < 1.29 is 24.5 Å². The molecule has 2 atom stereocenters. The Morgan fingerprint density at radius 3 is 1.06 bits per heavy atom. The highest BCUT2D eigenvalue weighted by Gasteiger charge is 2.18. The largest absolute Gasteiger partial charge is 0.466 e. The zero-order valence-electron chi connectivity index (χ0n) is 45.1. The quantitative estimate of drug-likeness (QED) is 0.0321. The smallest absolute Gasteiger partial charge is 0.305 e. The molecule has 6 heteroatoms. The molecular weight excluding hydrogens is 827 g/mol. The highest BCUT2D eigenvalue weighted by molar-refractivity contribution is 5.76. The van der Waals surface area contributed by atoms with E-state index in [9.17, 15) is 19.8 Å². The molecule has 0 aromatic rings. The van der Waals surface area contributed by atoms with Crippen LogP contribution in [0.15, 0.2) is 24.3 Å². The van der Waals surface area contributed by atoms with Crippen molar-refractivity contribution >= 4 is 11.9 Å². The molecule has 0 aliphatic heterocycles. The van der Waals surface area contributed by atoms with Gasteiger partial charge in [0, 0.05) is 12.8 Å². The molecule has 0 saturated heterocycles. The number of carbonyl (C=O) groups is 2. The Morgan fingerprint density at radius 2 is 0.701 bits per heavy atom. The van der Waals surface area contributed by atoms with Crippen LogP contribution in [0.4, 0.5) is 0 Å². The summed E-state index contributed by atoms with van der Waals surface area (Å²) in [6, 6.07) is -0.627. The fourth-order valence-corrected chi connectivity index (χ4v) is 9.34. The van der Waals surface area contributed by atoms with E-state index in [2.05, 4.69) is 31.3 Å². The van der Waals surface area contributed by atoms with Crippen LogP contribution in [-0.2, 0) is 14.3 Å². The van der Waals surface area contributed by atoms with Gasteiger partial charge in [-0.1, -0.05) is 282 Å². The number of hydrogen-bond acceptors (Lipinski definition) is 5. The summed E-state index contributed by atoms with van der Waals surface area (Å²) in [6.45, 7) is 4.89. The number of unbranched alkanes of at least 4 members (excludes halogenated alkanes) is 43. The third kappa shape index (κ3) is 53.5. The fourth-order valence-electron chi connectivity index (χ4n) is 9.34. The Hall–Kier alpha value is -1.66. The Bertz CT molecular complexity index is 1040. The van der Waals surface area contributed by atoms with Crippen molar-refractivity contribution in [2.45, 2.75) is 341 Å². The summed E-state index contributed by atoms with van der Waals surface area (Å²) < 4.78 is 5.49. The molecule has 0 fully saturated rings. The van der Waals surface area contributed by atoms with E-state index < -0.39 is 12.1 Å². The van der Waals surface area contributed by atoms with Crippen LogP contribution < -0.4 is 5.32 Å². The summed E-state index contributed by atoms with van der Waals surface area (Å²) in [4.78, 5) is 24.4. The Kier molecular flexibility index (Phi) is 55.5. The molecule has 0 radical (unpaired) electrons. The Morgan fingerprint density at radius 1 is 0.403 bits per heavy atom. The van der Waals surface area contributed by atoms with Crippen LogP contribution in [0.1, 0.15) is 328 Å². The van der Waals surface area contributed by atoms with Crippen molar-refractivity contribution in [3.8, 4) is 0 Å². The molecule has 0 aromatic heterocycles. The predicted octanol–water partition coefficient (Wildman–Crippen LogP) is 18.6. The Labute approximate surface area is 418 Å². The van der Waals surface area contributed by atoms with E-state index in [0.29, 0.717) is 19.4 Å². The Balaban J connectivity index is 3.36. The molecule has 1 amide bonds. The molecule has 0 spiro atoms. The van der Waals surface area contributed by atoms with Crippen molar-refractivity contribution in [2.24, 2.45) is 0 Å². The van der Waals surface area contributed by atoms with Crippen LogP contribution in [0.25, 0.3) is 0 Å². The lowest BCUT2D eigenvalue weighted by Gasteiger charge is -2.20. The van der Waals surface area contributed by atoms with Gasteiger partial charge in [-0.15, -0.1) is 0 Å². The molecule has 2 unspecified atom stereocenters. The van der Waals surface area contributed by atoms with Crippen molar-refractivity contribution in [1.82, 2.24) is 5.32 Å². The first-order valence-electron chi connectivity index (χ1n) is 30.1. The van der Waals surface area contributed by atoms with Crippen molar-refractivity contribution in [1.29, 1.82) is 0 Å². The van der Waals surface area contributed by atoms with Crippen LogP contribution >= 0.6 is 0 Å². The number of carbonyl (C=O) groups excluding carboxylic acids is 2. The number of rotatable bonds is 56. The molecule has 67 heavy (non-hydrogen) atoms. The van der Waals surface area contributed by atoms with Gasteiger partial charge in [0.05, 0.1) is 25.4 Å². The number of allylic oxidation sites excluding steroid dienone is 3. The van der Waals surface area contributed by atoms with E-state index in [0.717, 1.165) is 38.5 Å². The van der Waals surface area contributed by atoms with Crippen LogP contribution in [0.3, 0.4) is 0 Å². The normalized spacial score (nSPS) is 12.7. The second kappa shape index (κ2) is 56.9. The molecule has 0 aliphatic carbocycles. The lowest BCUT2D eigenvalue weighted by Crippen LogP contribution is -2.45. The lowest BCUT2D eigenvalue weighted by atomic mass is 10.0. The third-order valence-corrected chi connectivity index (χ3v) is 14.0. The first-order valence-corrected chi connectivity index (χ1v) is 30.1. The van der Waals surface area contributed by atoms with Crippen molar-refractivity contribution in [2.75, 3.05) is 13.2 Å². The molecular formula is C61H117NO5. The second-order valence-electron chi connectivity index (χ2n) is 20.7. The van der Waals surface area contributed by atoms with Crippen LogP contribution in [0, 0.1) is 0 Å². The second-order valence-corrected chi connectivity index (χ2v) is 20.7. The van der Waals surface area contributed by atoms with Gasteiger partial charge < -0.3 is 20.3 Å². The SMILES string of the molecule is CCCCCCCCC/C=C/C(O)C(CO)NC(=O)CCCCCCCCCCC/C=C\CCCCCCCCCCCCCCOC(=O)CCCCCCCCCCCCCCCCCC. The van der Waals surface area contributed by atoms with Gasteiger partial charge in [-0.05, 0) is 57.8 Å². The van der Waals surface area contributed by atoms with Gasteiger partial charge >= 0.3 is 5.97 Å². The number of esters is 1. The first-order chi connectivity index (χ1) is 33.0. The summed E-state index contributed by atoms with van der Waals surface area (Å²) in [5, 5.41) is 22.9. The molecule has 0 bridgehead atoms. The maximum atomic E-state index is 12.4. The standard InChI is InChI=1S/C61H117NO5/c1-3-5-7-9-11-13-14-15-16-29-32-35-39-43-47-51-55-61(66)67-56-52-48-44-40-36-33-30-27-25-23-21-19-17-18-20-22-24-26-28-31-34-38-42-46-50-54-60(65)62-58(57-63)59(64)53-49-45-41-37-12-10-8-6-4-2/h18,20,49,53,58-59,63-64H,3-17,19,21-48,50-52,54-57H2,1-2H3,(H,62,65)/b20-18-,53-49+. The third-order valence-electron chi connectivity index (χ3n) is 14.0. The number of hydrogen-bond donors (Lipinski definition) is 3. The van der Waals surface area contributed by atoms with E-state index in [1.54, 1.807) is 6.08 Å². The number of aliphatic hydroxyl groups is 2. The number of amides is 1. The summed E-state index contributed by atoms with van der Waals surface area (Å²) in [5.74, 6) is -0.0567. The highest BCUT2D eigenvalue weighted by atomic mass is 16.5. The van der Waals surface area contributed by atoms with E-state index in [4.69, 9.17) is 4.74 Å². The number of nitrogens with one attached hydrogen (secondary N) is 1. The minimum absolute atomic E-state index is 0.0165. The molecule has 3 N–H and O–H groups in total. The molecule has 6 nitrogen and oxygen atoms in total. The molecule has 0 rings (SSSR count). The van der Waals surface area contributed by atoms with Crippen LogP contribution in [0.5, 0.6) is 0 Å². The zero-order valence-corrected chi connectivity index (χ0v) is 45.1. The van der Waals surface area contributed by atoms with Gasteiger partial charge in [-0.2, -0.15) is 0 Å². The highest BCUT2D eigenvalue weighted by Crippen LogP contribution is 2.17. The lowest BCUT2D eigenvalue weighted by molar-refractivity contribution is -0.143. The summed E-state index contributed by atoms with van der Waals surface area (Å²) in [7, 11) is 0. The summed E-state index contributed by atoms with van der Waals surface area (Å²) in [5.41, 5.74) is 0. The van der Waals surface area contributed by atoms with E-state index >= 15 is 0 Å². The first kappa shape index (κ1) is 65.3. The number of aliphatic hydroxyl groups excluding tert-OH is 2. The van der Waals surface area contributed by atoms with Gasteiger partial charge in [0.1, 0.15) is 0 Å². The zero-order chi connectivity index (χ0) is 48.6.